The van der Waals surface area contributed by atoms with E-state index in [9.17, 15) is 9.59 Å². The van der Waals surface area contributed by atoms with E-state index in [4.69, 9.17) is 4.74 Å². The summed E-state index contributed by atoms with van der Waals surface area (Å²) >= 11 is 1.55. The van der Waals surface area contributed by atoms with Crippen molar-refractivity contribution in [2.24, 2.45) is 0 Å². The highest BCUT2D eigenvalue weighted by molar-refractivity contribution is 7.13. The van der Waals surface area contributed by atoms with Gasteiger partial charge >= 0.3 is 11.9 Å². The van der Waals surface area contributed by atoms with E-state index in [0.717, 1.165) is 16.3 Å². The summed E-state index contributed by atoms with van der Waals surface area (Å²) in [5.41, 5.74) is 2.29. The molecule has 0 aliphatic carbocycles. The number of carbonyl (C=O) groups excluding carboxylic acids is 2. The molecule has 5 nitrogen and oxygen atoms in total. The normalized spacial score (nSPS) is 11.8. The predicted molar refractivity (Wildman–Crippen MR) is 83.8 cm³/mol. The van der Waals surface area contributed by atoms with Crippen LogP contribution in [-0.2, 0) is 14.3 Å². The van der Waals surface area contributed by atoms with E-state index in [-0.39, 0.29) is 0 Å². The van der Waals surface area contributed by atoms with Crippen molar-refractivity contribution in [3.8, 4) is 10.6 Å². The Morgan fingerprint density at radius 3 is 2.45 bits per heavy atom. The second-order valence-corrected chi connectivity index (χ2v) is 5.55. The Hall–Kier alpha value is -2.21. The van der Waals surface area contributed by atoms with Gasteiger partial charge in [-0.1, -0.05) is 19.1 Å². The zero-order valence-electron chi connectivity index (χ0n) is 12.7. The first-order valence-electron chi connectivity index (χ1n) is 6.86. The third-order valence-corrected chi connectivity index (χ3v) is 4.08. The van der Waals surface area contributed by atoms with Gasteiger partial charge in [-0.05, 0) is 25.5 Å². The minimum absolute atomic E-state index is 0.370. The van der Waals surface area contributed by atoms with Crippen LogP contribution in [0.25, 0.3) is 10.6 Å². The molecule has 0 saturated carbocycles. The maximum absolute atomic E-state index is 12.0. The van der Waals surface area contributed by atoms with Crippen molar-refractivity contribution < 1.29 is 19.1 Å². The van der Waals surface area contributed by atoms with Crippen molar-refractivity contribution in [2.45, 2.75) is 26.4 Å². The second kappa shape index (κ2) is 7.17. The van der Waals surface area contributed by atoms with Crippen molar-refractivity contribution in [3.63, 3.8) is 0 Å². The highest BCUT2D eigenvalue weighted by Gasteiger charge is 2.22. The fourth-order valence-corrected chi connectivity index (χ4v) is 2.67. The molecule has 1 aromatic carbocycles. The van der Waals surface area contributed by atoms with E-state index in [2.05, 4.69) is 9.72 Å². The third kappa shape index (κ3) is 3.71. The van der Waals surface area contributed by atoms with Crippen molar-refractivity contribution >= 4 is 23.3 Å². The molecule has 0 saturated heterocycles. The molecule has 2 rings (SSSR count). The van der Waals surface area contributed by atoms with Crippen LogP contribution in [0.2, 0.25) is 0 Å². The highest BCUT2D eigenvalue weighted by atomic mass is 32.1. The van der Waals surface area contributed by atoms with Crippen LogP contribution in [0.15, 0.2) is 29.6 Å². The number of aryl methyl sites for hydroxylation is 1. The average molecular weight is 319 g/mol. The summed E-state index contributed by atoms with van der Waals surface area (Å²) in [7, 11) is 1.27. The fraction of sp³-hybridized carbons (Fsp3) is 0.312. The van der Waals surface area contributed by atoms with Crippen LogP contribution in [0, 0.1) is 6.92 Å². The molecule has 22 heavy (non-hydrogen) atoms. The zero-order valence-corrected chi connectivity index (χ0v) is 13.5. The summed E-state index contributed by atoms with van der Waals surface area (Å²) in [6, 6.07) is 6.96. The number of ether oxygens (including phenoxy) is 2. The number of hydrogen-bond acceptors (Lipinski definition) is 6. The van der Waals surface area contributed by atoms with Gasteiger partial charge in [0, 0.05) is 16.6 Å². The molecular weight excluding hydrogens is 302 g/mol. The van der Waals surface area contributed by atoms with Gasteiger partial charge in [0.25, 0.3) is 0 Å². The molecular formula is C16H17NO4S. The van der Waals surface area contributed by atoms with Crippen molar-refractivity contribution in [3.05, 3.63) is 40.9 Å². The van der Waals surface area contributed by atoms with Gasteiger partial charge in [0.15, 0.2) is 6.10 Å². The van der Waals surface area contributed by atoms with Crippen molar-refractivity contribution in [1.82, 2.24) is 4.98 Å². The Morgan fingerprint density at radius 1 is 1.27 bits per heavy atom. The Labute approximate surface area is 132 Å². The number of thiazole rings is 1. The van der Waals surface area contributed by atoms with Gasteiger partial charge in [-0.2, -0.15) is 0 Å². The molecule has 0 amide bonds. The number of carbonyl (C=O) groups is 2. The quantitative estimate of drug-likeness (QED) is 0.792. The first-order chi connectivity index (χ1) is 10.5. The van der Waals surface area contributed by atoms with Crippen LogP contribution in [0.3, 0.4) is 0 Å². The van der Waals surface area contributed by atoms with Gasteiger partial charge in [-0.3, -0.25) is 0 Å². The first-order valence-corrected chi connectivity index (χ1v) is 7.74. The summed E-state index contributed by atoms with van der Waals surface area (Å²) in [6.45, 7) is 3.69. The van der Waals surface area contributed by atoms with Crippen LogP contribution in [0.5, 0.6) is 0 Å². The third-order valence-electron chi connectivity index (χ3n) is 3.07. The molecule has 0 fully saturated rings. The first kappa shape index (κ1) is 16.2. The summed E-state index contributed by atoms with van der Waals surface area (Å²) in [5, 5.41) is 2.87. The van der Waals surface area contributed by atoms with Crippen LogP contribution in [-0.4, -0.2) is 30.1 Å². The van der Waals surface area contributed by atoms with E-state index in [1.165, 1.54) is 7.11 Å². The number of aromatic nitrogens is 1. The largest absolute Gasteiger partial charge is 0.466 e. The van der Waals surface area contributed by atoms with Crippen LogP contribution >= 0.6 is 11.3 Å². The van der Waals surface area contributed by atoms with Gasteiger partial charge in [0.05, 0.1) is 12.7 Å². The number of esters is 2. The fourth-order valence-electron chi connectivity index (χ4n) is 1.86. The molecule has 0 aliphatic rings. The van der Waals surface area contributed by atoms with Gasteiger partial charge in [-0.25, -0.2) is 14.6 Å². The Morgan fingerprint density at radius 2 is 1.95 bits per heavy atom. The smallest absolute Gasteiger partial charge is 0.347 e. The lowest BCUT2D eigenvalue weighted by atomic mass is 10.1. The van der Waals surface area contributed by atoms with Gasteiger partial charge in [0.2, 0.25) is 0 Å². The van der Waals surface area contributed by atoms with E-state index in [0.29, 0.717) is 12.0 Å². The lowest BCUT2D eigenvalue weighted by Gasteiger charge is -2.13. The minimum Gasteiger partial charge on any atom is -0.466 e. The number of nitrogens with zero attached hydrogens (tertiary/aromatic N) is 1. The standard InChI is InChI=1S/C16H17NO4S/c1-4-13(16(19)20-3)21-15(18)12-7-5-11(6-8-12)14-17-10(2)9-22-14/h5-9,13H,4H2,1-3H3. The number of benzene rings is 1. The maximum Gasteiger partial charge on any atom is 0.347 e. The monoisotopic (exact) mass is 319 g/mol. The molecule has 1 heterocycles. The highest BCUT2D eigenvalue weighted by Crippen LogP contribution is 2.24. The Bertz CT molecular complexity index is 663. The van der Waals surface area contributed by atoms with Crippen molar-refractivity contribution in [1.29, 1.82) is 0 Å². The van der Waals surface area contributed by atoms with Gasteiger partial charge in [-0.15, -0.1) is 11.3 Å². The average Bonchev–Trinajstić information content (AvgIpc) is 2.98. The molecule has 0 radical (unpaired) electrons. The molecule has 1 unspecified atom stereocenters. The summed E-state index contributed by atoms with van der Waals surface area (Å²) < 4.78 is 9.76. The minimum atomic E-state index is -0.876. The second-order valence-electron chi connectivity index (χ2n) is 4.70. The number of hydrogen-bond donors (Lipinski definition) is 0. The SMILES string of the molecule is CCC(OC(=O)c1ccc(-c2nc(C)cs2)cc1)C(=O)OC. The molecule has 1 atom stereocenters. The molecule has 6 heteroatoms. The molecule has 0 bridgehead atoms. The van der Waals surface area contributed by atoms with E-state index in [1.54, 1.807) is 30.4 Å². The van der Waals surface area contributed by atoms with E-state index >= 15 is 0 Å². The number of rotatable bonds is 5. The van der Waals surface area contributed by atoms with Crippen LogP contribution in [0.1, 0.15) is 29.4 Å². The van der Waals surface area contributed by atoms with E-state index in [1.807, 2.05) is 24.4 Å². The Balaban J connectivity index is 2.09. The lowest BCUT2D eigenvalue weighted by molar-refractivity contribution is -0.151. The number of methoxy groups -OCH3 is 1. The molecule has 0 aliphatic heterocycles. The van der Waals surface area contributed by atoms with Crippen LogP contribution < -0.4 is 0 Å². The molecule has 2 aromatic rings. The van der Waals surface area contributed by atoms with E-state index < -0.39 is 18.0 Å². The van der Waals surface area contributed by atoms with Crippen LogP contribution in [0.4, 0.5) is 0 Å². The molecule has 1 aromatic heterocycles. The molecule has 0 spiro atoms. The molecule has 0 N–H and O–H groups in total. The maximum atomic E-state index is 12.0. The van der Waals surface area contributed by atoms with Crippen molar-refractivity contribution in [2.75, 3.05) is 7.11 Å². The summed E-state index contributed by atoms with van der Waals surface area (Å²) in [6.07, 6.45) is -0.506. The van der Waals surface area contributed by atoms with Gasteiger partial charge < -0.3 is 9.47 Å². The topological polar surface area (TPSA) is 65.5 Å². The summed E-state index contributed by atoms with van der Waals surface area (Å²) in [4.78, 5) is 27.9. The zero-order chi connectivity index (χ0) is 16.1. The Kier molecular flexibility index (Phi) is 5.27. The molecule has 116 valence electrons. The summed E-state index contributed by atoms with van der Waals surface area (Å²) in [5.74, 6) is -1.09. The predicted octanol–water partition coefficient (Wildman–Crippen LogP) is 3.23. The van der Waals surface area contributed by atoms with Gasteiger partial charge in [0.1, 0.15) is 5.01 Å². The lowest BCUT2D eigenvalue weighted by Crippen LogP contribution is -2.27.